The molecule has 0 aliphatic rings. The first-order chi connectivity index (χ1) is 1.00. The van der Waals surface area contributed by atoms with Gasteiger partial charge in [0.2, 0.25) is 0 Å². The number of hydrogen-bond acceptors (Lipinski definition) is 7. The Kier molecular flexibility index (Phi) is 159000. The average molecular weight is 374 g/mol. The van der Waals surface area contributed by atoms with Gasteiger partial charge in [0, 0.05) is 10.8 Å². The molecule has 0 bridgehead atoms. The number of rotatable bonds is 0. The van der Waals surface area contributed by atoms with Crippen molar-refractivity contribution >= 4 is 0 Å². The van der Waals surface area contributed by atoms with Gasteiger partial charge in [-0.2, -0.15) is 0 Å². The Morgan fingerprint density at radius 1 is 0.500 bits per heavy atom. The summed E-state index contributed by atoms with van der Waals surface area (Å²) in [5.41, 5.74) is 0. The first kappa shape index (κ1) is 450. The maximum absolute atomic E-state index is 6.00. The normalized spacial score (nSPS) is 0.200. The third-order valence-electron chi connectivity index (χ3n) is 0. The maximum atomic E-state index is 6.00. The second kappa shape index (κ2) is 3530. The minimum atomic E-state index is 0. The van der Waals surface area contributed by atoms with Gasteiger partial charge >= 0.3 is 19.8 Å². The van der Waals surface area contributed by atoms with E-state index in [4.69, 9.17) is 10.8 Å². The molecule has 0 amide bonds. The van der Waals surface area contributed by atoms with E-state index in [1.54, 1.807) is 0 Å². The van der Waals surface area contributed by atoms with E-state index in [1.807, 2.05) is 0 Å². The molecule has 0 spiro atoms. The van der Waals surface area contributed by atoms with Gasteiger partial charge in [0.1, 0.15) is 0 Å². The second-order valence-corrected chi connectivity index (χ2v) is 0. The van der Waals surface area contributed by atoms with Crippen molar-refractivity contribution in [3.8, 4) is 0 Å². The summed E-state index contributed by atoms with van der Waals surface area (Å²) in [5, 5.41) is 12.0. The molecule has 10 heavy (non-hydrogen) atoms. The molecule has 0 rings (SSSR count). The van der Waals surface area contributed by atoms with Gasteiger partial charge in [0.05, 0.1) is 0 Å². The molecular formula is H15Cl2N7Os. The summed E-state index contributed by atoms with van der Waals surface area (Å²) in [7, 11) is 0. The zero-order valence-electron chi connectivity index (χ0n) is 5.54. The van der Waals surface area contributed by atoms with Gasteiger partial charge < -0.3 is 55.6 Å². The summed E-state index contributed by atoms with van der Waals surface area (Å²) >= 11 is 0. The van der Waals surface area contributed by atoms with Crippen molar-refractivity contribution in [2.24, 2.45) is 0 Å². The van der Waals surface area contributed by atoms with Gasteiger partial charge in [-0.3, -0.25) is 0 Å². The summed E-state index contributed by atoms with van der Waals surface area (Å²) in [6.07, 6.45) is 0. The van der Waals surface area contributed by atoms with E-state index in [0.29, 0.717) is 0 Å². The van der Waals surface area contributed by atoms with E-state index in [2.05, 4.69) is 0 Å². The molecule has 0 atom stereocenters. The molecule has 7 nitrogen and oxygen atoms in total. The van der Waals surface area contributed by atoms with E-state index < -0.39 is 0 Å². The molecule has 10 heteroatoms. The Hall–Kier alpha value is 0.436. The fraction of sp³-hybridized carbons (Fsp3) is 0. The van der Waals surface area contributed by atoms with E-state index in [9.17, 15) is 0 Å². The standard InChI is InChI=1S/2ClH.N2.5H3N.Os/c;;1-2;;;;;;/h2*1H;;5*1H3;/q;;;;;;;;+2/p-2. The molecule has 0 saturated carbocycles. The van der Waals surface area contributed by atoms with Crippen LogP contribution in [0.15, 0.2) is 0 Å². The van der Waals surface area contributed by atoms with Crippen LogP contribution >= 0.6 is 0 Å². The zero-order chi connectivity index (χ0) is 2.00. The summed E-state index contributed by atoms with van der Waals surface area (Å²) in [5.74, 6) is 0. The SMILES string of the molecule is N.N.N.N.N.N#N.[Cl-].[Cl-].[Os+2]. The largest absolute Gasteiger partial charge is 2.00 e. The van der Waals surface area contributed by atoms with Crippen molar-refractivity contribution < 1.29 is 44.6 Å². The zero-order valence-corrected chi connectivity index (χ0v) is 9.59. The Morgan fingerprint density at radius 3 is 0.500 bits per heavy atom. The van der Waals surface area contributed by atoms with Crippen LogP contribution in [0.25, 0.3) is 0 Å². The van der Waals surface area contributed by atoms with Crippen LogP contribution in [-0.4, -0.2) is 0 Å². The summed E-state index contributed by atoms with van der Waals surface area (Å²) in [6.45, 7) is 0. The molecule has 0 aliphatic heterocycles. The van der Waals surface area contributed by atoms with Gasteiger partial charge in [0.15, 0.2) is 0 Å². The molecule has 0 heterocycles. The van der Waals surface area contributed by atoms with E-state index in [1.165, 1.54) is 0 Å². The van der Waals surface area contributed by atoms with Crippen LogP contribution in [0, 0.1) is 10.8 Å². The Labute approximate surface area is 86.3 Å². The monoisotopic (exact) mass is 375 g/mol. The number of nitrogens with zero attached hydrogens (tertiary/aromatic N) is 2. The van der Waals surface area contributed by atoms with Gasteiger partial charge in [0.25, 0.3) is 0 Å². The van der Waals surface area contributed by atoms with Crippen molar-refractivity contribution in [1.29, 1.82) is 10.8 Å². The van der Waals surface area contributed by atoms with Gasteiger partial charge in [-0.05, 0) is 0 Å². The molecule has 72 valence electrons. The van der Waals surface area contributed by atoms with Crippen LogP contribution in [0.1, 0.15) is 0 Å². The predicted octanol–water partition coefficient (Wildman–Crippen LogP) is -5.15. The average Bonchev–Trinajstić information content (AvgIpc) is 1.00. The predicted molar refractivity (Wildman–Crippen MR) is 28.6 cm³/mol. The van der Waals surface area contributed by atoms with Gasteiger partial charge in [-0.1, -0.05) is 0 Å². The Morgan fingerprint density at radius 2 is 0.500 bits per heavy atom. The molecule has 0 aromatic carbocycles. The summed E-state index contributed by atoms with van der Waals surface area (Å²) in [4.78, 5) is 0. The van der Waals surface area contributed by atoms with Crippen LogP contribution in [0.5, 0.6) is 0 Å². The Bertz CT molecular complexity index is 16.3. The molecular weight excluding hydrogens is 359 g/mol. The van der Waals surface area contributed by atoms with Crippen LogP contribution in [-0.2, 0) is 19.8 Å². The van der Waals surface area contributed by atoms with Crippen LogP contribution in [0.4, 0.5) is 0 Å². The van der Waals surface area contributed by atoms with Crippen molar-refractivity contribution in [3.05, 3.63) is 0 Å². The van der Waals surface area contributed by atoms with Gasteiger partial charge in [-0.25, -0.2) is 0 Å². The molecule has 0 aliphatic carbocycles. The van der Waals surface area contributed by atoms with Crippen molar-refractivity contribution in [3.63, 3.8) is 0 Å². The second-order valence-electron chi connectivity index (χ2n) is 0. The number of halogens is 2. The Balaban J connectivity index is -0.000000000179. The molecule has 0 unspecified atom stereocenters. The van der Waals surface area contributed by atoms with Gasteiger partial charge in [-0.15, -0.1) is 0 Å². The van der Waals surface area contributed by atoms with Crippen molar-refractivity contribution in [1.82, 2.24) is 30.8 Å². The number of hydrogen-bond donors (Lipinski definition) is 5. The molecule has 0 radical (unpaired) electrons. The molecule has 0 saturated heterocycles. The van der Waals surface area contributed by atoms with E-state index >= 15 is 0 Å². The summed E-state index contributed by atoms with van der Waals surface area (Å²) in [6, 6.07) is 0. The molecule has 0 fully saturated rings. The molecule has 0 aromatic rings. The fourth-order valence-electron chi connectivity index (χ4n) is 0. The third kappa shape index (κ3) is 2450. The third-order valence-corrected chi connectivity index (χ3v) is 0. The van der Waals surface area contributed by atoms with Crippen LogP contribution in [0.3, 0.4) is 0 Å². The fourth-order valence-corrected chi connectivity index (χ4v) is 0. The minimum absolute atomic E-state index is 0. The smallest absolute Gasteiger partial charge is 1.00 e. The van der Waals surface area contributed by atoms with Crippen molar-refractivity contribution in [2.45, 2.75) is 0 Å². The van der Waals surface area contributed by atoms with Crippen molar-refractivity contribution in [2.75, 3.05) is 0 Å². The first-order valence-electron chi connectivity index (χ1n) is 0.200. The van der Waals surface area contributed by atoms with Crippen LogP contribution in [0.2, 0.25) is 0 Å². The topological polar surface area (TPSA) is 223 Å². The quantitative estimate of drug-likeness (QED) is 0.259. The summed E-state index contributed by atoms with van der Waals surface area (Å²) < 4.78 is 0. The molecule has 15 N–H and O–H groups in total. The van der Waals surface area contributed by atoms with E-state index in [-0.39, 0.29) is 75.4 Å². The molecule has 0 aromatic heterocycles. The minimum Gasteiger partial charge on any atom is -1.00 e. The maximum Gasteiger partial charge on any atom is 2.00 e. The first-order valence-corrected chi connectivity index (χ1v) is 0.200. The van der Waals surface area contributed by atoms with Crippen LogP contribution < -0.4 is 55.6 Å². The van der Waals surface area contributed by atoms with E-state index in [0.717, 1.165) is 0 Å².